The van der Waals surface area contributed by atoms with E-state index in [1.807, 2.05) is 23.1 Å². The van der Waals surface area contributed by atoms with E-state index in [1.54, 1.807) is 0 Å². The van der Waals surface area contributed by atoms with Crippen molar-refractivity contribution in [2.75, 3.05) is 25.0 Å². The first-order chi connectivity index (χ1) is 9.69. The number of urea groups is 1. The number of anilines is 1. The number of rotatable bonds is 4. The number of piperidine rings is 1. The van der Waals surface area contributed by atoms with Crippen LogP contribution in [0.25, 0.3) is 0 Å². The lowest BCUT2D eigenvalue weighted by molar-refractivity contribution is 0.186. The van der Waals surface area contributed by atoms with Gasteiger partial charge in [-0.15, -0.1) is 0 Å². The maximum Gasteiger partial charge on any atom is 0.321 e. The molecule has 0 aromatic heterocycles. The number of hydrogen-bond donors (Lipinski definition) is 2. The van der Waals surface area contributed by atoms with Gasteiger partial charge in [0.1, 0.15) is 0 Å². The fourth-order valence-electron chi connectivity index (χ4n) is 2.52. The minimum Gasteiger partial charge on any atom is -0.330 e. The zero-order valence-corrected chi connectivity index (χ0v) is 12.3. The van der Waals surface area contributed by atoms with E-state index in [2.05, 4.69) is 18.3 Å². The quantitative estimate of drug-likeness (QED) is 0.887. The summed E-state index contributed by atoms with van der Waals surface area (Å²) in [4.78, 5) is 14.1. The number of nitrogens with zero attached hydrogens (tertiary/aromatic N) is 1. The second-order valence-electron chi connectivity index (χ2n) is 5.69. The van der Waals surface area contributed by atoms with Crippen molar-refractivity contribution in [2.24, 2.45) is 11.7 Å². The van der Waals surface area contributed by atoms with Crippen LogP contribution in [0.1, 0.15) is 31.7 Å². The summed E-state index contributed by atoms with van der Waals surface area (Å²) in [5, 5.41) is 3.00. The number of carbonyl (C=O) groups is 1. The molecule has 20 heavy (non-hydrogen) atoms. The van der Waals surface area contributed by atoms with E-state index in [4.69, 9.17) is 5.73 Å². The molecular weight excluding hydrogens is 250 g/mol. The van der Waals surface area contributed by atoms with Crippen LogP contribution >= 0.6 is 0 Å². The molecule has 1 aromatic rings. The van der Waals surface area contributed by atoms with Crippen molar-refractivity contribution in [3.8, 4) is 0 Å². The molecule has 3 N–H and O–H groups in total. The Kier molecular flexibility index (Phi) is 5.41. The van der Waals surface area contributed by atoms with Gasteiger partial charge in [0.2, 0.25) is 0 Å². The lowest BCUT2D eigenvalue weighted by Crippen LogP contribution is -2.40. The fourth-order valence-corrected chi connectivity index (χ4v) is 2.52. The van der Waals surface area contributed by atoms with E-state index < -0.39 is 0 Å². The van der Waals surface area contributed by atoms with Gasteiger partial charge < -0.3 is 16.0 Å². The van der Waals surface area contributed by atoms with Crippen LogP contribution in [0.5, 0.6) is 0 Å². The summed E-state index contributed by atoms with van der Waals surface area (Å²) in [5.74, 6) is 0.735. The topological polar surface area (TPSA) is 58.4 Å². The molecule has 1 fully saturated rings. The Balaban J connectivity index is 1.90. The SMILES string of the molecule is CC1CCN(C(=O)Nc2cccc(CCCN)c2)CC1. The van der Waals surface area contributed by atoms with Crippen molar-refractivity contribution in [3.63, 3.8) is 0 Å². The van der Waals surface area contributed by atoms with E-state index in [0.717, 1.165) is 50.4 Å². The number of nitrogens with one attached hydrogen (secondary N) is 1. The molecule has 0 unspecified atom stereocenters. The molecule has 4 heteroatoms. The van der Waals surface area contributed by atoms with Crippen molar-refractivity contribution in [1.82, 2.24) is 4.90 Å². The van der Waals surface area contributed by atoms with Gasteiger partial charge in [0, 0.05) is 18.8 Å². The van der Waals surface area contributed by atoms with Gasteiger partial charge in [-0.1, -0.05) is 19.1 Å². The summed E-state index contributed by atoms with van der Waals surface area (Å²) in [6.07, 6.45) is 4.14. The number of amides is 2. The third-order valence-corrected chi connectivity index (χ3v) is 3.92. The summed E-state index contributed by atoms with van der Waals surface area (Å²) >= 11 is 0. The predicted molar refractivity (Wildman–Crippen MR) is 82.8 cm³/mol. The van der Waals surface area contributed by atoms with Gasteiger partial charge in [-0.05, 0) is 55.8 Å². The minimum atomic E-state index is 0.0212. The molecule has 1 heterocycles. The monoisotopic (exact) mass is 275 g/mol. The van der Waals surface area contributed by atoms with E-state index in [1.165, 1.54) is 5.56 Å². The highest BCUT2D eigenvalue weighted by atomic mass is 16.2. The first kappa shape index (κ1) is 14.9. The highest BCUT2D eigenvalue weighted by Gasteiger charge is 2.20. The maximum absolute atomic E-state index is 12.2. The molecule has 110 valence electrons. The Labute approximate surface area is 121 Å². The summed E-state index contributed by atoms with van der Waals surface area (Å²) in [5.41, 5.74) is 7.63. The number of likely N-dealkylation sites (tertiary alicyclic amines) is 1. The predicted octanol–water partition coefficient (Wildman–Crippen LogP) is 2.84. The molecule has 0 atom stereocenters. The number of aryl methyl sites for hydroxylation is 1. The van der Waals surface area contributed by atoms with E-state index >= 15 is 0 Å². The lowest BCUT2D eigenvalue weighted by Gasteiger charge is -2.30. The van der Waals surface area contributed by atoms with Crippen molar-refractivity contribution in [3.05, 3.63) is 29.8 Å². The Hall–Kier alpha value is -1.55. The Morgan fingerprint density at radius 3 is 2.85 bits per heavy atom. The van der Waals surface area contributed by atoms with Crippen LogP contribution in [0.4, 0.5) is 10.5 Å². The Morgan fingerprint density at radius 2 is 2.15 bits per heavy atom. The summed E-state index contributed by atoms with van der Waals surface area (Å²) in [6, 6.07) is 8.07. The highest BCUT2D eigenvalue weighted by Crippen LogP contribution is 2.18. The molecule has 1 aromatic carbocycles. The van der Waals surface area contributed by atoms with Gasteiger partial charge in [0.15, 0.2) is 0 Å². The smallest absolute Gasteiger partial charge is 0.321 e. The molecule has 1 saturated heterocycles. The second kappa shape index (κ2) is 7.29. The summed E-state index contributed by atoms with van der Waals surface area (Å²) < 4.78 is 0. The molecule has 4 nitrogen and oxygen atoms in total. The molecule has 0 spiro atoms. The molecule has 1 aliphatic rings. The molecule has 1 aliphatic heterocycles. The maximum atomic E-state index is 12.2. The van der Waals surface area contributed by atoms with Gasteiger partial charge in [-0.2, -0.15) is 0 Å². The normalized spacial score (nSPS) is 16.2. The van der Waals surface area contributed by atoms with Gasteiger partial charge in [-0.3, -0.25) is 0 Å². The first-order valence-corrected chi connectivity index (χ1v) is 7.54. The van der Waals surface area contributed by atoms with Gasteiger partial charge in [0.25, 0.3) is 0 Å². The van der Waals surface area contributed by atoms with E-state index in [9.17, 15) is 4.79 Å². The van der Waals surface area contributed by atoms with Crippen LogP contribution in [0.15, 0.2) is 24.3 Å². The first-order valence-electron chi connectivity index (χ1n) is 7.54. The van der Waals surface area contributed by atoms with E-state index in [-0.39, 0.29) is 6.03 Å². The average Bonchev–Trinajstić information content (AvgIpc) is 2.46. The third-order valence-electron chi connectivity index (χ3n) is 3.92. The van der Waals surface area contributed by atoms with Crippen LogP contribution in [0.3, 0.4) is 0 Å². The fraction of sp³-hybridized carbons (Fsp3) is 0.562. The Morgan fingerprint density at radius 1 is 1.40 bits per heavy atom. The average molecular weight is 275 g/mol. The van der Waals surface area contributed by atoms with Crippen molar-refractivity contribution >= 4 is 11.7 Å². The molecular formula is C16H25N3O. The molecule has 2 rings (SSSR count). The number of benzene rings is 1. The van der Waals surface area contributed by atoms with Gasteiger partial charge in [-0.25, -0.2) is 4.79 Å². The molecule has 2 amide bonds. The van der Waals surface area contributed by atoms with Crippen LogP contribution < -0.4 is 11.1 Å². The van der Waals surface area contributed by atoms with Crippen molar-refractivity contribution in [2.45, 2.75) is 32.6 Å². The van der Waals surface area contributed by atoms with Crippen molar-refractivity contribution in [1.29, 1.82) is 0 Å². The van der Waals surface area contributed by atoms with Gasteiger partial charge >= 0.3 is 6.03 Å². The number of nitrogens with two attached hydrogens (primary N) is 1. The number of carbonyl (C=O) groups excluding carboxylic acids is 1. The minimum absolute atomic E-state index is 0.0212. The molecule has 0 radical (unpaired) electrons. The van der Waals surface area contributed by atoms with Crippen LogP contribution in [-0.2, 0) is 6.42 Å². The highest BCUT2D eigenvalue weighted by molar-refractivity contribution is 5.89. The summed E-state index contributed by atoms with van der Waals surface area (Å²) in [6.45, 7) is 4.67. The van der Waals surface area contributed by atoms with Gasteiger partial charge in [0.05, 0.1) is 0 Å². The van der Waals surface area contributed by atoms with E-state index in [0.29, 0.717) is 6.54 Å². The van der Waals surface area contributed by atoms with Crippen LogP contribution in [-0.4, -0.2) is 30.6 Å². The summed E-state index contributed by atoms with van der Waals surface area (Å²) in [7, 11) is 0. The lowest BCUT2D eigenvalue weighted by atomic mass is 10.00. The molecule has 0 bridgehead atoms. The zero-order valence-electron chi connectivity index (χ0n) is 12.3. The molecule has 0 aliphatic carbocycles. The zero-order chi connectivity index (χ0) is 14.4. The second-order valence-corrected chi connectivity index (χ2v) is 5.69. The largest absolute Gasteiger partial charge is 0.330 e. The third kappa shape index (κ3) is 4.23. The Bertz CT molecular complexity index is 439. The van der Waals surface area contributed by atoms with Crippen LogP contribution in [0, 0.1) is 5.92 Å². The number of hydrogen-bond acceptors (Lipinski definition) is 2. The standard InChI is InChI=1S/C16H25N3O/c1-13-7-10-19(11-8-13)16(20)18-15-6-2-4-14(12-15)5-3-9-17/h2,4,6,12-13H,3,5,7-11,17H2,1H3,(H,18,20). The molecule has 0 saturated carbocycles. The van der Waals surface area contributed by atoms with Crippen LogP contribution in [0.2, 0.25) is 0 Å². The van der Waals surface area contributed by atoms with Crippen molar-refractivity contribution < 1.29 is 4.79 Å².